The Balaban J connectivity index is 1.81. The molecular formula is C11H12N4O3S. The third kappa shape index (κ3) is 2.30. The summed E-state index contributed by atoms with van der Waals surface area (Å²) in [6.07, 6.45) is 5.16. The molecule has 0 saturated carbocycles. The molecular weight excluding hydrogens is 268 g/mol. The van der Waals surface area contributed by atoms with Crippen LogP contribution in [0.5, 0.6) is 0 Å². The van der Waals surface area contributed by atoms with Gasteiger partial charge >= 0.3 is 0 Å². The van der Waals surface area contributed by atoms with E-state index in [2.05, 4.69) is 15.4 Å². The molecule has 100 valence electrons. The van der Waals surface area contributed by atoms with Crippen molar-refractivity contribution in [3.8, 4) is 0 Å². The third-order valence-corrected chi connectivity index (χ3v) is 4.86. The first-order valence-corrected chi connectivity index (χ1v) is 7.67. The number of aromatic nitrogens is 3. The number of sulfone groups is 1. The monoisotopic (exact) mass is 280 g/mol. The average molecular weight is 280 g/mol. The maximum atomic E-state index is 12.1. The summed E-state index contributed by atoms with van der Waals surface area (Å²) in [6, 6.07) is 1.39. The van der Waals surface area contributed by atoms with Crippen LogP contribution in [0.3, 0.4) is 0 Å². The second kappa shape index (κ2) is 4.30. The van der Waals surface area contributed by atoms with Gasteiger partial charge in [0.1, 0.15) is 5.56 Å². The summed E-state index contributed by atoms with van der Waals surface area (Å²) >= 11 is 0. The normalized spacial score (nSPS) is 21.6. The fourth-order valence-electron chi connectivity index (χ4n) is 2.16. The van der Waals surface area contributed by atoms with Crippen LogP contribution in [0, 0.1) is 0 Å². The molecule has 1 aliphatic rings. The number of fused-ring (bicyclic) bond motifs is 1. The van der Waals surface area contributed by atoms with Crippen LogP contribution in [0.1, 0.15) is 16.8 Å². The lowest BCUT2D eigenvalue weighted by Crippen LogP contribution is -2.35. The molecule has 2 aromatic rings. The number of nitrogens with one attached hydrogen (secondary N) is 1. The smallest absolute Gasteiger partial charge is 0.257 e. The van der Waals surface area contributed by atoms with Crippen LogP contribution in [0.25, 0.3) is 5.65 Å². The first-order chi connectivity index (χ1) is 9.05. The minimum absolute atomic E-state index is 0.00534. The summed E-state index contributed by atoms with van der Waals surface area (Å²) in [4.78, 5) is 16.2. The van der Waals surface area contributed by atoms with Crippen molar-refractivity contribution < 1.29 is 13.2 Å². The zero-order valence-corrected chi connectivity index (χ0v) is 10.8. The van der Waals surface area contributed by atoms with E-state index in [0.717, 1.165) is 0 Å². The Labute approximate surface area is 109 Å². The van der Waals surface area contributed by atoms with E-state index in [9.17, 15) is 13.2 Å². The van der Waals surface area contributed by atoms with Gasteiger partial charge in [-0.05, 0) is 12.5 Å². The van der Waals surface area contributed by atoms with Crippen LogP contribution in [0.15, 0.2) is 24.7 Å². The van der Waals surface area contributed by atoms with Crippen molar-refractivity contribution in [2.75, 3.05) is 11.5 Å². The number of carbonyl (C=O) groups is 1. The minimum Gasteiger partial charge on any atom is -0.348 e. The topological polar surface area (TPSA) is 93.4 Å². The van der Waals surface area contributed by atoms with Crippen LogP contribution >= 0.6 is 0 Å². The van der Waals surface area contributed by atoms with Crippen LogP contribution in [-0.2, 0) is 9.84 Å². The van der Waals surface area contributed by atoms with Gasteiger partial charge in [0.15, 0.2) is 15.5 Å². The first kappa shape index (κ1) is 12.1. The van der Waals surface area contributed by atoms with Crippen molar-refractivity contribution in [1.82, 2.24) is 19.9 Å². The van der Waals surface area contributed by atoms with Gasteiger partial charge in [-0.3, -0.25) is 4.79 Å². The highest BCUT2D eigenvalue weighted by Gasteiger charge is 2.29. The average Bonchev–Trinajstić information content (AvgIpc) is 2.92. The summed E-state index contributed by atoms with van der Waals surface area (Å²) in [7, 11) is -3.00. The highest BCUT2D eigenvalue weighted by Crippen LogP contribution is 2.13. The summed E-state index contributed by atoms with van der Waals surface area (Å²) in [6.45, 7) is 0. The Morgan fingerprint density at radius 3 is 3.05 bits per heavy atom. The van der Waals surface area contributed by atoms with Crippen LogP contribution < -0.4 is 5.32 Å². The van der Waals surface area contributed by atoms with Gasteiger partial charge < -0.3 is 5.32 Å². The fourth-order valence-corrected chi connectivity index (χ4v) is 3.83. The lowest BCUT2D eigenvalue weighted by atomic mass is 10.2. The summed E-state index contributed by atoms with van der Waals surface area (Å²) in [5.74, 6) is -0.202. The number of nitrogens with zero attached hydrogens (tertiary/aromatic N) is 3. The minimum atomic E-state index is -3.00. The van der Waals surface area contributed by atoms with Crippen molar-refractivity contribution in [3.05, 3.63) is 30.2 Å². The molecule has 1 fully saturated rings. The molecule has 0 aliphatic carbocycles. The van der Waals surface area contributed by atoms with Gasteiger partial charge in [0.05, 0.1) is 17.7 Å². The Kier molecular flexibility index (Phi) is 2.74. The van der Waals surface area contributed by atoms with Crippen molar-refractivity contribution >= 4 is 21.4 Å². The Morgan fingerprint density at radius 2 is 2.32 bits per heavy atom. The molecule has 0 spiro atoms. The molecule has 8 heteroatoms. The molecule has 0 radical (unpaired) electrons. The molecule has 1 atom stereocenters. The van der Waals surface area contributed by atoms with Gasteiger partial charge in [-0.25, -0.2) is 17.9 Å². The summed E-state index contributed by atoms with van der Waals surface area (Å²) in [5, 5.41) is 6.74. The van der Waals surface area contributed by atoms with Crippen LogP contribution in [0.4, 0.5) is 0 Å². The number of rotatable bonds is 2. The molecule has 1 aliphatic heterocycles. The van der Waals surface area contributed by atoms with E-state index in [-0.39, 0.29) is 23.5 Å². The lowest BCUT2D eigenvalue weighted by molar-refractivity contribution is 0.0942. The van der Waals surface area contributed by atoms with Gasteiger partial charge in [0.2, 0.25) is 0 Å². The molecule has 19 heavy (non-hydrogen) atoms. The second-order valence-electron chi connectivity index (χ2n) is 4.52. The van der Waals surface area contributed by atoms with Gasteiger partial charge in [-0.1, -0.05) is 0 Å². The Morgan fingerprint density at radius 1 is 1.47 bits per heavy atom. The molecule has 3 rings (SSSR count). The molecule has 1 amide bonds. The standard InChI is InChI=1S/C11H12N4O3S/c16-11(14-8-2-5-19(17,18)7-8)9-6-13-15-4-1-3-12-10(9)15/h1,3-4,6,8H,2,5,7H2,(H,14,16). The third-order valence-electron chi connectivity index (χ3n) is 3.09. The highest BCUT2D eigenvalue weighted by molar-refractivity contribution is 7.91. The van der Waals surface area contributed by atoms with Gasteiger partial charge in [-0.15, -0.1) is 0 Å². The van der Waals surface area contributed by atoms with E-state index < -0.39 is 9.84 Å². The van der Waals surface area contributed by atoms with E-state index in [0.29, 0.717) is 17.6 Å². The van der Waals surface area contributed by atoms with Gasteiger partial charge in [0.25, 0.3) is 5.91 Å². The van der Waals surface area contributed by atoms with E-state index in [1.165, 1.54) is 10.7 Å². The van der Waals surface area contributed by atoms with Gasteiger partial charge in [0, 0.05) is 18.4 Å². The van der Waals surface area contributed by atoms with Gasteiger partial charge in [-0.2, -0.15) is 5.10 Å². The molecule has 0 aromatic carbocycles. The van der Waals surface area contributed by atoms with Crippen molar-refractivity contribution in [2.45, 2.75) is 12.5 Å². The lowest BCUT2D eigenvalue weighted by Gasteiger charge is -2.09. The highest BCUT2D eigenvalue weighted by atomic mass is 32.2. The predicted molar refractivity (Wildman–Crippen MR) is 67.5 cm³/mol. The number of carbonyl (C=O) groups excluding carboxylic acids is 1. The maximum absolute atomic E-state index is 12.1. The molecule has 7 nitrogen and oxygen atoms in total. The van der Waals surface area contributed by atoms with Crippen molar-refractivity contribution in [1.29, 1.82) is 0 Å². The van der Waals surface area contributed by atoms with Crippen molar-refractivity contribution in [3.63, 3.8) is 0 Å². The molecule has 0 bridgehead atoms. The molecule has 3 heterocycles. The SMILES string of the molecule is O=C(NC1CCS(=O)(=O)C1)c1cnn2cccnc12. The number of hydrogen-bond donors (Lipinski definition) is 1. The first-order valence-electron chi connectivity index (χ1n) is 5.85. The Hall–Kier alpha value is -1.96. The zero-order chi connectivity index (χ0) is 13.5. The quantitative estimate of drug-likeness (QED) is 0.811. The number of amides is 1. The van der Waals surface area contributed by atoms with E-state index in [1.807, 2.05) is 0 Å². The summed E-state index contributed by atoms with van der Waals surface area (Å²) < 4.78 is 24.2. The largest absolute Gasteiger partial charge is 0.348 e. The van der Waals surface area contributed by atoms with Crippen LogP contribution in [0.2, 0.25) is 0 Å². The molecule has 1 saturated heterocycles. The summed E-state index contributed by atoms with van der Waals surface area (Å²) in [5.41, 5.74) is 0.811. The maximum Gasteiger partial charge on any atom is 0.257 e. The van der Waals surface area contributed by atoms with E-state index in [1.54, 1.807) is 18.5 Å². The van der Waals surface area contributed by atoms with Crippen molar-refractivity contribution in [2.24, 2.45) is 0 Å². The fraction of sp³-hybridized carbons (Fsp3) is 0.364. The Bertz CT molecular complexity index is 737. The molecule has 2 aromatic heterocycles. The molecule has 1 unspecified atom stereocenters. The number of hydrogen-bond acceptors (Lipinski definition) is 5. The second-order valence-corrected chi connectivity index (χ2v) is 6.75. The van der Waals surface area contributed by atoms with E-state index in [4.69, 9.17) is 0 Å². The van der Waals surface area contributed by atoms with E-state index >= 15 is 0 Å². The van der Waals surface area contributed by atoms with Crippen LogP contribution in [-0.4, -0.2) is 46.5 Å². The molecule has 1 N–H and O–H groups in total. The zero-order valence-electron chi connectivity index (χ0n) is 9.98. The predicted octanol–water partition coefficient (Wildman–Crippen LogP) is -0.354.